The molecule has 1 amide bonds. The number of hydrogen-bond donors (Lipinski definition) is 2. The highest BCUT2D eigenvalue weighted by Crippen LogP contribution is 2.40. The van der Waals surface area contributed by atoms with Gasteiger partial charge in [-0.1, -0.05) is 19.6 Å². The molecule has 1 saturated heterocycles. The maximum absolute atomic E-state index is 13.0. The van der Waals surface area contributed by atoms with Crippen LogP contribution in [0.2, 0.25) is 0 Å². The van der Waals surface area contributed by atoms with Crippen molar-refractivity contribution in [3.63, 3.8) is 0 Å². The molecule has 1 spiro atoms. The Bertz CT molecular complexity index is 977. The van der Waals surface area contributed by atoms with E-state index in [1.165, 1.54) is 24.3 Å². The van der Waals surface area contributed by atoms with Gasteiger partial charge in [0.1, 0.15) is 0 Å². The predicted molar refractivity (Wildman–Crippen MR) is 128 cm³/mol. The van der Waals surface area contributed by atoms with Gasteiger partial charge in [0.2, 0.25) is 0 Å². The molecular formula is C26H34N2O6. The lowest BCUT2D eigenvalue weighted by Gasteiger charge is -2.38. The lowest BCUT2D eigenvalue weighted by atomic mass is 9.76. The summed E-state index contributed by atoms with van der Waals surface area (Å²) in [5, 5.41) is 12.2. The zero-order valence-electron chi connectivity index (χ0n) is 20.0. The molecule has 3 rings (SSSR count). The number of carbonyl (C=O) groups is 3. The summed E-state index contributed by atoms with van der Waals surface area (Å²) < 4.78 is 10.9. The van der Waals surface area contributed by atoms with Crippen molar-refractivity contribution in [1.82, 2.24) is 10.2 Å². The highest BCUT2D eigenvalue weighted by Gasteiger charge is 2.39. The molecule has 0 aliphatic carbocycles. The number of carboxylic acids is 1. The third kappa shape index (κ3) is 6.05. The molecule has 1 aromatic carbocycles. The van der Waals surface area contributed by atoms with Crippen LogP contribution in [-0.4, -0.2) is 67.8 Å². The second kappa shape index (κ2) is 11.3. The smallest absolute Gasteiger partial charge is 0.338 e. The summed E-state index contributed by atoms with van der Waals surface area (Å²) >= 11 is 0. The van der Waals surface area contributed by atoms with Gasteiger partial charge in [-0.25, -0.2) is 9.59 Å². The van der Waals surface area contributed by atoms with Crippen LogP contribution in [0.4, 0.5) is 0 Å². The number of amides is 1. The Labute approximate surface area is 200 Å². The molecule has 8 nitrogen and oxygen atoms in total. The monoisotopic (exact) mass is 470 g/mol. The quantitative estimate of drug-likeness (QED) is 0.421. The summed E-state index contributed by atoms with van der Waals surface area (Å²) in [5.41, 5.74) is 2.67. The van der Waals surface area contributed by atoms with E-state index in [1.54, 1.807) is 0 Å². The molecule has 2 aliphatic heterocycles. The minimum absolute atomic E-state index is 0.0328. The van der Waals surface area contributed by atoms with Crippen LogP contribution < -0.4 is 5.32 Å². The van der Waals surface area contributed by atoms with E-state index >= 15 is 0 Å². The van der Waals surface area contributed by atoms with Crippen molar-refractivity contribution in [2.24, 2.45) is 5.41 Å². The fourth-order valence-corrected chi connectivity index (χ4v) is 4.48. The van der Waals surface area contributed by atoms with Gasteiger partial charge in [-0.05, 0) is 61.3 Å². The summed E-state index contributed by atoms with van der Waals surface area (Å²) in [6, 6.07) is 5.79. The van der Waals surface area contributed by atoms with E-state index in [9.17, 15) is 14.4 Å². The van der Waals surface area contributed by atoms with Crippen molar-refractivity contribution < 1.29 is 29.0 Å². The zero-order valence-corrected chi connectivity index (χ0v) is 20.0. The first-order chi connectivity index (χ1) is 16.3. The van der Waals surface area contributed by atoms with Gasteiger partial charge in [0.25, 0.3) is 5.91 Å². The van der Waals surface area contributed by atoms with Gasteiger partial charge < -0.3 is 24.8 Å². The molecule has 1 aromatic rings. The molecule has 2 N–H and O–H groups in total. The van der Waals surface area contributed by atoms with Crippen LogP contribution in [0, 0.1) is 5.41 Å². The number of nitrogens with zero attached hydrogens (tertiary/aromatic N) is 1. The minimum Gasteiger partial charge on any atom is -0.478 e. The molecule has 0 unspecified atom stereocenters. The van der Waals surface area contributed by atoms with Gasteiger partial charge in [0, 0.05) is 39.0 Å². The summed E-state index contributed by atoms with van der Waals surface area (Å²) in [6.45, 7) is 8.93. The van der Waals surface area contributed by atoms with Crippen molar-refractivity contribution in [3.05, 3.63) is 58.8 Å². The maximum Gasteiger partial charge on any atom is 0.338 e. The molecule has 1 fully saturated rings. The van der Waals surface area contributed by atoms with E-state index in [-0.39, 0.29) is 29.1 Å². The van der Waals surface area contributed by atoms with E-state index < -0.39 is 11.9 Å². The van der Waals surface area contributed by atoms with Gasteiger partial charge in [-0.2, -0.15) is 0 Å². The second-order valence-electron chi connectivity index (χ2n) is 9.05. The second-order valence-corrected chi connectivity index (χ2v) is 9.05. The maximum atomic E-state index is 13.0. The number of nitrogens with one attached hydrogen (secondary N) is 1. The molecule has 184 valence electrons. The minimum atomic E-state index is -1.09. The van der Waals surface area contributed by atoms with Crippen molar-refractivity contribution in [3.8, 4) is 0 Å². The normalized spacial score (nSPS) is 17.6. The van der Waals surface area contributed by atoms with Crippen LogP contribution in [0.25, 0.3) is 0 Å². The highest BCUT2D eigenvalue weighted by atomic mass is 16.5. The first kappa shape index (κ1) is 25.5. The van der Waals surface area contributed by atoms with Gasteiger partial charge >= 0.3 is 11.9 Å². The SMILES string of the molecule is C=C(CC)C1=C(N(C)CCCOC(=O)c2cccc(C(=O)O)c2)CC2(CCOCC2)CNC1=O. The summed E-state index contributed by atoms with van der Waals surface area (Å²) in [4.78, 5) is 38.5. The topological polar surface area (TPSA) is 105 Å². The van der Waals surface area contributed by atoms with E-state index in [2.05, 4.69) is 16.8 Å². The van der Waals surface area contributed by atoms with Crippen molar-refractivity contribution in [2.45, 2.75) is 39.0 Å². The number of rotatable bonds is 9. The number of carbonyl (C=O) groups excluding carboxylic acids is 2. The number of benzene rings is 1. The molecule has 0 bridgehead atoms. The fourth-order valence-electron chi connectivity index (χ4n) is 4.48. The summed E-state index contributed by atoms with van der Waals surface area (Å²) in [5.74, 6) is -1.73. The average Bonchev–Trinajstić information content (AvgIpc) is 2.98. The van der Waals surface area contributed by atoms with Gasteiger partial charge in [0.05, 0.1) is 23.3 Å². The Hall–Kier alpha value is -3.13. The Morgan fingerprint density at radius 3 is 2.65 bits per heavy atom. The van der Waals surface area contributed by atoms with Crippen LogP contribution in [0.5, 0.6) is 0 Å². The van der Waals surface area contributed by atoms with E-state index in [1.807, 2.05) is 14.0 Å². The van der Waals surface area contributed by atoms with Crippen LogP contribution in [-0.2, 0) is 14.3 Å². The molecule has 8 heteroatoms. The molecule has 0 aromatic heterocycles. The van der Waals surface area contributed by atoms with Crippen LogP contribution >= 0.6 is 0 Å². The molecular weight excluding hydrogens is 436 g/mol. The third-order valence-electron chi connectivity index (χ3n) is 6.69. The van der Waals surface area contributed by atoms with Crippen molar-refractivity contribution >= 4 is 17.8 Å². The number of carboxylic acid groups (broad SMARTS) is 1. The lowest BCUT2D eigenvalue weighted by Crippen LogP contribution is -2.40. The number of allylic oxidation sites excluding steroid dienone is 1. The Kier molecular flexibility index (Phi) is 8.50. The number of esters is 1. The van der Waals surface area contributed by atoms with Crippen molar-refractivity contribution in [2.75, 3.05) is 40.0 Å². The van der Waals surface area contributed by atoms with E-state index in [0.717, 1.165) is 30.5 Å². The van der Waals surface area contributed by atoms with Gasteiger partial charge in [-0.15, -0.1) is 0 Å². The summed E-state index contributed by atoms with van der Waals surface area (Å²) in [6.07, 6.45) is 3.80. The number of hydrogen-bond acceptors (Lipinski definition) is 6. The van der Waals surface area contributed by atoms with E-state index in [0.29, 0.717) is 44.7 Å². The molecule has 0 saturated carbocycles. The standard InChI is InChI=1S/C26H34N2O6/c1-4-18(2)22-21(16-26(17-27-23(22)29)9-13-33-14-10-26)28(3)11-6-12-34-25(32)20-8-5-7-19(15-20)24(30)31/h5,7-8,15H,2,4,6,9-14,16-17H2,1,3H3,(H,27,29)(H,30,31). The molecule has 2 heterocycles. The Morgan fingerprint density at radius 2 is 1.97 bits per heavy atom. The van der Waals surface area contributed by atoms with E-state index in [4.69, 9.17) is 14.6 Å². The largest absolute Gasteiger partial charge is 0.478 e. The predicted octanol–water partition coefficient (Wildman–Crippen LogP) is 3.40. The van der Waals surface area contributed by atoms with Crippen LogP contribution in [0.1, 0.15) is 59.7 Å². The van der Waals surface area contributed by atoms with Crippen LogP contribution in [0.3, 0.4) is 0 Å². The first-order valence-corrected chi connectivity index (χ1v) is 11.8. The fraction of sp³-hybridized carbons (Fsp3) is 0.500. The number of aromatic carboxylic acids is 1. The number of ether oxygens (including phenoxy) is 2. The molecule has 0 radical (unpaired) electrons. The van der Waals surface area contributed by atoms with Crippen molar-refractivity contribution in [1.29, 1.82) is 0 Å². The Morgan fingerprint density at radius 1 is 1.26 bits per heavy atom. The molecule has 2 aliphatic rings. The zero-order chi connectivity index (χ0) is 24.7. The summed E-state index contributed by atoms with van der Waals surface area (Å²) in [7, 11) is 1.96. The van der Waals surface area contributed by atoms with Crippen LogP contribution in [0.15, 0.2) is 47.7 Å². The van der Waals surface area contributed by atoms with Gasteiger partial charge in [0.15, 0.2) is 0 Å². The molecule has 0 atom stereocenters. The average molecular weight is 471 g/mol. The highest BCUT2D eigenvalue weighted by molar-refractivity contribution is 5.98. The lowest BCUT2D eigenvalue weighted by molar-refractivity contribution is -0.117. The Balaban J connectivity index is 1.66. The molecule has 34 heavy (non-hydrogen) atoms. The van der Waals surface area contributed by atoms with Gasteiger partial charge in [-0.3, -0.25) is 4.79 Å². The first-order valence-electron chi connectivity index (χ1n) is 11.8. The third-order valence-corrected chi connectivity index (χ3v) is 6.69.